The predicted octanol–water partition coefficient (Wildman–Crippen LogP) is 3.08. The van der Waals surface area contributed by atoms with Crippen LogP contribution in [-0.2, 0) is 0 Å². The first-order chi connectivity index (χ1) is 9.58. The minimum Gasteiger partial charge on any atom is -0.478 e. The number of rotatable bonds is 3. The smallest absolute Gasteiger partial charge is 0.339 e. The third-order valence-corrected chi connectivity index (χ3v) is 2.71. The van der Waals surface area contributed by atoms with Gasteiger partial charge in [-0.3, -0.25) is 4.98 Å². The van der Waals surface area contributed by atoms with Crippen molar-refractivity contribution < 1.29 is 14.7 Å². The number of benzene rings is 1. The number of aromatic nitrogens is 1. The summed E-state index contributed by atoms with van der Waals surface area (Å²) in [4.78, 5) is 26.7. The fourth-order valence-electron chi connectivity index (χ4n) is 1.57. The van der Waals surface area contributed by atoms with Crippen LogP contribution in [0, 0.1) is 0 Å². The molecule has 0 aliphatic carbocycles. The summed E-state index contributed by atoms with van der Waals surface area (Å²) in [6.07, 6.45) is 3.04. The largest absolute Gasteiger partial charge is 0.478 e. The number of hydrogen-bond acceptors (Lipinski definition) is 3. The molecule has 20 heavy (non-hydrogen) atoms. The highest BCUT2D eigenvalue weighted by Gasteiger charge is 2.16. The van der Waals surface area contributed by atoms with Crippen molar-refractivity contribution in [2.45, 2.75) is 0 Å². The molecule has 0 bridgehead atoms. The van der Waals surface area contributed by atoms with Crippen LogP contribution < -0.4 is 10.6 Å². The van der Waals surface area contributed by atoms with Gasteiger partial charge in [-0.25, -0.2) is 9.59 Å². The van der Waals surface area contributed by atoms with E-state index in [9.17, 15) is 9.59 Å². The third kappa shape index (κ3) is 3.24. The molecule has 2 amide bonds. The quantitative estimate of drug-likeness (QED) is 0.810. The van der Waals surface area contributed by atoms with Gasteiger partial charge in [0.25, 0.3) is 0 Å². The zero-order valence-electron chi connectivity index (χ0n) is 10.1. The molecule has 0 spiro atoms. The van der Waals surface area contributed by atoms with E-state index in [1.54, 1.807) is 24.4 Å². The van der Waals surface area contributed by atoms with Crippen molar-refractivity contribution in [2.75, 3.05) is 10.6 Å². The van der Waals surface area contributed by atoms with Crippen molar-refractivity contribution in [1.82, 2.24) is 4.98 Å². The Morgan fingerprint density at radius 3 is 2.60 bits per heavy atom. The van der Waals surface area contributed by atoms with Gasteiger partial charge in [-0.05, 0) is 24.3 Å². The molecule has 2 rings (SSSR count). The molecule has 1 heterocycles. The molecule has 1 aromatic heterocycles. The number of carbonyl (C=O) groups is 2. The van der Waals surface area contributed by atoms with Gasteiger partial charge in [-0.1, -0.05) is 17.7 Å². The number of urea groups is 1. The maximum atomic E-state index is 11.8. The van der Waals surface area contributed by atoms with E-state index in [-0.39, 0.29) is 16.3 Å². The maximum Gasteiger partial charge on any atom is 0.339 e. The second kappa shape index (κ2) is 6.03. The Morgan fingerprint density at radius 2 is 1.95 bits per heavy atom. The first-order valence-electron chi connectivity index (χ1n) is 5.58. The average molecular weight is 292 g/mol. The average Bonchev–Trinajstić information content (AvgIpc) is 2.39. The lowest BCUT2D eigenvalue weighted by Crippen LogP contribution is -2.21. The minimum atomic E-state index is -1.22. The maximum absolute atomic E-state index is 11.8. The van der Waals surface area contributed by atoms with Crippen molar-refractivity contribution in [3.05, 3.63) is 53.3 Å². The van der Waals surface area contributed by atoms with Crippen molar-refractivity contribution in [2.24, 2.45) is 0 Å². The SMILES string of the molecule is O=C(Nc1cccnc1)Nc1cccc(Cl)c1C(=O)O. The zero-order valence-corrected chi connectivity index (χ0v) is 10.9. The van der Waals surface area contributed by atoms with Crippen LogP contribution in [0.3, 0.4) is 0 Å². The lowest BCUT2D eigenvalue weighted by Gasteiger charge is -2.10. The fraction of sp³-hybridized carbons (Fsp3) is 0. The Kier molecular flexibility index (Phi) is 4.17. The first kappa shape index (κ1) is 13.8. The number of carbonyl (C=O) groups excluding carboxylic acids is 1. The number of nitrogens with one attached hydrogen (secondary N) is 2. The lowest BCUT2D eigenvalue weighted by atomic mass is 10.2. The van der Waals surface area contributed by atoms with Crippen LogP contribution in [0.2, 0.25) is 5.02 Å². The van der Waals surface area contributed by atoms with Crippen molar-refractivity contribution >= 4 is 35.0 Å². The number of pyridine rings is 1. The van der Waals surface area contributed by atoms with Gasteiger partial charge in [0.05, 0.1) is 22.6 Å². The van der Waals surface area contributed by atoms with E-state index in [4.69, 9.17) is 16.7 Å². The molecule has 0 aliphatic heterocycles. The number of nitrogens with zero attached hydrogens (tertiary/aromatic N) is 1. The Morgan fingerprint density at radius 1 is 1.15 bits per heavy atom. The standard InChI is InChI=1S/C13H10ClN3O3/c14-9-4-1-5-10(11(9)12(18)19)17-13(20)16-8-3-2-6-15-7-8/h1-7H,(H,18,19)(H2,16,17,20). The molecule has 0 saturated carbocycles. The molecule has 7 heteroatoms. The molecule has 0 saturated heterocycles. The van der Waals surface area contributed by atoms with Gasteiger partial charge in [0.1, 0.15) is 5.56 Å². The summed E-state index contributed by atoms with van der Waals surface area (Å²) in [5, 5.41) is 14.1. The summed E-state index contributed by atoms with van der Waals surface area (Å²) in [6, 6.07) is 7.19. The van der Waals surface area contributed by atoms with E-state index in [0.717, 1.165) is 0 Å². The van der Waals surface area contributed by atoms with E-state index in [0.29, 0.717) is 5.69 Å². The summed E-state index contributed by atoms with van der Waals surface area (Å²) in [7, 11) is 0. The molecule has 0 unspecified atom stereocenters. The molecule has 3 N–H and O–H groups in total. The Bertz CT molecular complexity index is 647. The van der Waals surface area contributed by atoms with E-state index >= 15 is 0 Å². The molecular formula is C13H10ClN3O3. The molecule has 0 radical (unpaired) electrons. The van der Waals surface area contributed by atoms with Gasteiger partial charge >= 0.3 is 12.0 Å². The summed E-state index contributed by atoms with van der Waals surface area (Å²) >= 11 is 5.81. The van der Waals surface area contributed by atoms with E-state index in [2.05, 4.69) is 15.6 Å². The van der Waals surface area contributed by atoms with Gasteiger partial charge in [0, 0.05) is 6.20 Å². The molecule has 0 aliphatic rings. The van der Waals surface area contributed by atoms with Crippen molar-refractivity contribution in [1.29, 1.82) is 0 Å². The Hall–Kier alpha value is -2.60. The molecular weight excluding hydrogens is 282 g/mol. The number of carboxylic acid groups (broad SMARTS) is 1. The molecule has 1 aromatic carbocycles. The second-order valence-corrected chi connectivity index (χ2v) is 4.20. The number of carboxylic acids is 1. The highest BCUT2D eigenvalue weighted by molar-refractivity contribution is 6.34. The predicted molar refractivity (Wildman–Crippen MR) is 75.3 cm³/mol. The van der Waals surface area contributed by atoms with Gasteiger partial charge in [-0.2, -0.15) is 0 Å². The van der Waals surface area contributed by atoms with Crippen LogP contribution in [0.1, 0.15) is 10.4 Å². The normalized spacial score (nSPS) is 9.85. The number of aromatic carboxylic acids is 1. The Balaban J connectivity index is 2.16. The van der Waals surface area contributed by atoms with E-state index in [1.165, 1.54) is 18.3 Å². The number of amides is 2. The number of halogens is 1. The van der Waals surface area contributed by atoms with Gasteiger partial charge in [-0.15, -0.1) is 0 Å². The van der Waals surface area contributed by atoms with Gasteiger partial charge < -0.3 is 15.7 Å². The van der Waals surface area contributed by atoms with Crippen LogP contribution in [0.5, 0.6) is 0 Å². The lowest BCUT2D eigenvalue weighted by molar-refractivity contribution is 0.0698. The van der Waals surface area contributed by atoms with Gasteiger partial charge in [0.2, 0.25) is 0 Å². The molecule has 0 fully saturated rings. The summed E-state index contributed by atoms with van der Waals surface area (Å²) in [5.74, 6) is -1.22. The fourth-order valence-corrected chi connectivity index (χ4v) is 1.82. The Labute approximate surface area is 119 Å². The number of hydrogen-bond donors (Lipinski definition) is 3. The van der Waals surface area contributed by atoms with E-state index < -0.39 is 12.0 Å². The monoisotopic (exact) mass is 291 g/mol. The first-order valence-corrected chi connectivity index (χ1v) is 5.95. The van der Waals surface area contributed by atoms with Crippen LogP contribution >= 0.6 is 11.6 Å². The molecule has 6 nitrogen and oxygen atoms in total. The summed E-state index contributed by atoms with van der Waals surface area (Å²) in [6.45, 7) is 0. The second-order valence-electron chi connectivity index (χ2n) is 3.79. The van der Waals surface area contributed by atoms with E-state index in [1.807, 2.05) is 0 Å². The molecule has 102 valence electrons. The summed E-state index contributed by atoms with van der Waals surface area (Å²) in [5.41, 5.74) is 0.450. The van der Waals surface area contributed by atoms with Crippen LogP contribution in [-0.4, -0.2) is 22.1 Å². The minimum absolute atomic E-state index is 0.0525. The van der Waals surface area contributed by atoms with Crippen molar-refractivity contribution in [3.63, 3.8) is 0 Å². The summed E-state index contributed by atoms with van der Waals surface area (Å²) < 4.78 is 0. The third-order valence-electron chi connectivity index (χ3n) is 2.40. The topological polar surface area (TPSA) is 91.3 Å². The number of anilines is 2. The zero-order chi connectivity index (χ0) is 14.5. The van der Waals surface area contributed by atoms with Crippen LogP contribution in [0.25, 0.3) is 0 Å². The highest BCUT2D eigenvalue weighted by atomic mass is 35.5. The molecule has 0 atom stereocenters. The van der Waals surface area contributed by atoms with Crippen molar-refractivity contribution in [3.8, 4) is 0 Å². The van der Waals surface area contributed by atoms with Gasteiger partial charge in [0.15, 0.2) is 0 Å². The van der Waals surface area contributed by atoms with Crippen LogP contribution in [0.4, 0.5) is 16.2 Å². The highest BCUT2D eigenvalue weighted by Crippen LogP contribution is 2.24. The molecule has 2 aromatic rings. The van der Waals surface area contributed by atoms with Crippen LogP contribution in [0.15, 0.2) is 42.7 Å².